The van der Waals surface area contributed by atoms with Gasteiger partial charge in [0.05, 0.1) is 4.90 Å². The second-order valence-corrected chi connectivity index (χ2v) is 6.97. The lowest BCUT2D eigenvalue weighted by atomic mass is 10.1. The molecule has 0 aliphatic carbocycles. The van der Waals surface area contributed by atoms with Crippen molar-refractivity contribution in [1.29, 1.82) is 0 Å². The number of hydrogen-bond donors (Lipinski definition) is 2. The zero-order valence-corrected chi connectivity index (χ0v) is 13.5. The van der Waals surface area contributed by atoms with Crippen LogP contribution < -0.4 is 10.5 Å². The summed E-state index contributed by atoms with van der Waals surface area (Å²) in [5.74, 6) is 0. The van der Waals surface area contributed by atoms with Crippen LogP contribution in [0.25, 0.3) is 0 Å². The summed E-state index contributed by atoms with van der Waals surface area (Å²) < 4.78 is 27.9. The molecule has 0 spiro atoms. The number of nitrogens with one attached hydrogen (secondary N) is 1. The fourth-order valence-corrected chi connectivity index (χ4v) is 3.97. The van der Waals surface area contributed by atoms with Crippen LogP contribution in [-0.4, -0.2) is 8.42 Å². The van der Waals surface area contributed by atoms with E-state index < -0.39 is 10.0 Å². The lowest BCUT2D eigenvalue weighted by Crippen LogP contribution is -2.17. The Kier molecular flexibility index (Phi) is 3.96. The van der Waals surface area contributed by atoms with Crippen LogP contribution in [0.2, 0.25) is 0 Å². The van der Waals surface area contributed by atoms with E-state index in [4.69, 9.17) is 5.73 Å². The van der Waals surface area contributed by atoms with E-state index in [2.05, 4.69) is 4.72 Å². The van der Waals surface area contributed by atoms with Crippen molar-refractivity contribution < 1.29 is 8.42 Å². The van der Waals surface area contributed by atoms with E-state index in [1.165, 1.54) is 0 Å². The zero-order chi connectivity index (χ0) is 15.8. The molecule has 3 N–H and O–H groups in total. The van der Waals surface area contributed by atoms with Crippen molar-refractivity contribution in [1.82, 2.24) is 0 Å². The third-order valence-corrected chi connectivity index (χ3v) is 5.20. The third kappa shape index (κ3) is 3.03. The van der Waals surface area contributed by atoms with Crippen LogP contribution >= 0.6 is 0 Å². The SMILES string of the molecule is Cc1ccc(NS(=O)(=O)c2c(C)cc(C)c(N)c2C)cc1. The third-order valence-electron chi connectivity index (χ3n) is 3.53. The Hall–Kier alpha value is -2.01. The highest BCUT2D eigenvalue weighted by Gasteiger charge is 2.22. The van der Waals surface area contributed by atoms with Crippen LogP contribution in [0.1, 0.15) is 22.3 Å². The predicted molar refractivity (Wildman–Crippen MR) is 87.1 cm³/mol. The molecule has 0 atom stereocenters. The Morgan fingerprint density at radius 2 is 1.52 bits per heavy atom. The summed E-state index contributed by atoms with van der Waals surface area (Å²) >= 11 is 0. The quantitative estimate of drug-likeness (QED) is 0.855. The van der Waals surface area contributed by atoms with Gasteiger partial charge in [-0.25, -0.2) is 8.42 Å². The first-order chi connectivity index (χ1) is 9.72. The minimum atomic E-state index is -3.66. The molecule has 0 saturated heterocycles. The van der Waals surface area contributed by atoms with Gasteiger partial charge in [0.25, 0.3) is 10.0 Å². The molecule has 0 aromatic heterocycles. The number of anilines is 2. The molecule has 0 fully saturated rings. The maximum absolute atomic E-state index is 12.6. The van der Waals surface area contributed by atoms with E-state index in [1.807, 2.05) is 26.0 Å². The van der Waals surface area contributed by atoms with Crippen molar-refractivity contribution in [2.75, 3.05) is 10.5 Å². The molecule has 0 amide bonds. The Morgan fingerprint density at radius 3 is 2.10 bits per heavy atom. The summed E-state index contributed by atoms with van der Waals surface area (Å²) in [5, 5.41) is 0. The summed E-state index contributed by atoms with van der Waals surface area (Å²) in [7, 11) is -3.66. The van der Waals surface area contributed by atoms with Crippen molar-refractivity contribution in [2.24, 2.45) is 0 Å². The van der Waals surface area contributed by atoms with E-state index in [-0.39, 0.29) is 4.90 Å². The van der Waals surface area contributed by atoms with Crippen LogP contribution in [-0.2, 0) is 10.0 Å². The van der Waals surface area contributed by atoms with Gasteiger partial charge in [-0.05, 0) is 56.5 Å². The van der Waals surface area contributed by atoms with Crippen molar-refractivity contribution in [3.8, 4) is 0 Å². The van der Waals surface area contributed by atoms with Crippen LogP contribution in [0.4, 0.5) is 11.4 Å². The lowest BCUT2D eigenvalue weighted by Gasteiger charge is -2.16. The molecule has 0 unspecified atom stereocenters. The number of sulfonamides is 1. The highest BCUT2D eigenvalue weighted by molar-refractivity contribution is 7.92. The number of nitrogens with two attached hydrogens (primary N) is 1. The van der Waals surface area contributed by atoms with Crippen molar-refractivity contribution in [3.63, 3.8) is 0 Å². The monoisotopic (exact) mass is 304 g/mol. The first-order valence-electron chi connectivity index (χ1n) is 6.68. The fourth-order valence-electron chi connectivity index (χ4n) is 2.42. The Morgan fingerprint density at radius 1 is 0.952 bits per heavy atom. The first kappa shape index (κ1) is 15.4. The van der Waals surface area contributed by atoms with Gasteiger partial charge in [-0.1, -0.05) is 23.8 Å². The molecular weight excluding hydrogens is 284 g/mol. The van der Waals surface area contributed by atoms with Gasteiger partial charge in [-0.2, -0.15) is 0 Å². The van der Waals surface area contributed by atoms with Gasteiger partial charge in [0, 0.05) is 11.4 Å². The molecule has 2 aromatic rings. The smallest absolute Gasteiger partial charge is 0.262 e. The standard InChI is InChI=1S/C16H20N2O2S/c1-10-5-7-14(8-6-10)18-21(19,20)16-12(3)9-11(2)15(17)13(16)4/h5-9,18H,17H2,1-4H3. The van der Waals surface area contributed by atoms with Gasteiger partial charge in [0.15, 0.2) is 0 Å². The molecule has 0 bridgehead atoms. The number of hydrogen-bond acceptors (Lipinski definition) is 3. The molecule has 5 heteroatoms. The lowest BCUT2D eigenvalue weighted by molar-refractivity contribution is 0.600. The van der Waals surface area contributed by atoms with Crippen molar-refractivity contribution >= 4 is 21.4 Å². The number of aryl methyl sites for hydroxylation is 3. The minimum Gasteiger partial charge on any atom is -0.398 e. The summed E-state index contributed by atoms with van der Waals surface area (Å²) in [6.45, 7) is 7.34. The minimum absolute atomic E-state index is 0.256. The van der Waals surface area contributed by atoms with E-state index in [9.17, 15) is 8.42 Å². The second kappa shape index (κ2) is 5.41. The average Bonchev–Trinajstić information content (AvgIpc) is 2.38. The van der Waals surface area contributed by atoms with Gasteiger partial charge >= 0.3 is 0 Å². The van der Waals surface area contributed by atoms with Gasteiger partial charge in [0.1, 0.15) is 0 Å². The van der Waals surface area contributed by atoms with Crippen molar-refractivity contribution in [3.05, 3.63) is 52.6 Å². The molecule has 0 aliphatic rings. The van der Waals surface area contributed by atoms with Gasteiger partial charge in [-0.15, -0.1) is 0 Å². The van der Waals surface area contributed by atoms with E-state index in [0.29, 0.717) is 22.5 Å². The van der Waals surface area contributed by atoms with E-state index in [1.54, 1.807) is 32.0 Å². The average molecular weight is 304 g/mol. The normalized spacial score (nSPS) is 11.4. The van der Waals surface area contributed by atoms with Crippen LogP contribution in [0.3, 0.4) is 0 Å². The molecule has 4 nitrogen and oxygen atoms in total. The Labute approximate surface area is 126 Å². The Bertz CT molecular complexity index is 779. The summed E-state index contributed by atoms with van der Waals surface area (Å²) in [5.41, 5.74) is 10.3. The molecule has 0 heterocycles. The topological polar surface area (TPSA) is 72.2 Å². The highest BCUT2D eigenvalue weighted by atomic mass is 32.2. The molecule has 0 saturated carbocycles. The maximum Gasteiger partial charge on any atom is 0.262 e. The molecule has 0 aliphatic heterocycles. The highest BCUT2D eigenvalue weighted by Crippen LogP contribution is 2.29. The molecule has 2 rings (SSSR count). The molecule has 112 valence electrons. The Balaban J connectivity index is 2.50. The molecular formula is C16H20N2O2S. The van der Waals surface area contributed by atoms with E-state index >= 15 is 0 Å². The van der Waals surface area contributed by atoms with Crippen molar-refractivity contribution in [2.45, 2.75) is 32.6 Å². The maximum atomic E-state index is 12.6. The molecule has 0 radical (unpaired) electrons. The fraction of sp³-hybridized carbons (Fsp3) is 0.250. The second-order valence-electron chi connectivity index (χ2n) is 5.35. The van der Waals surface area contributed by atoms with Gasteiger partial charge < -0.3 is 5.73 Å². The predicted octanol–water partition coefficient (Wildman–Crippen LogP) is 3.30. The summed E-state index contributed by atoms with van der Waals surface area (Å²) in [4.78, 5) is 0.256. The van der Waals surface area contributed by atoms with Crippen LogP contribution in [0, 0.1) is 27.7 Å². The van der Waals surface area contributed by atoms with Gasteiger partial charge in [-0.3, -0.25) is 4.72 Å². The summed E-state index contributed by atoms with van der Waals surface area (Å²) in [6.07, 6.45) is 0. The first-order valence-corrected chi connectivity index (χ1v) is 8.16. The van der Waals surface area contributed by atoms with Crippen LogP contribution in [0.15, 0.2) is 35.2 Å². The van der Waals surface area contributed by atoms with E-state index in [0.717, 1.165) is 11.1 Å². The number of rotatable bonds is 3. The molecule has 2 aromatic carbocycles. The number of nitrogen functional groups attached to an aromatic ring is 1. The van der Waals surface area contributed by atoms with Crippen LogP contribution in [0.5, 0.6) is 0 Å². The molecule has 21 heavy (non-hydrogen) atoms. The largest absolute Gasteiger partial charge is 0.398 e. The number of benzene rings is 2. The van der Waals surface area contributed by atoms with Gasteiger partial charge in [0.2, 0.25) is 0 Å². The summed E-state index contributed by atoms with van der Waals surface area (Å²) in [6, 6.07) is 9.01. The zero-order valence-electron chi connectivity index (χ0n) is 12.7.